The second-order valence-electron chi connectivity index (χ2n) is 11.4. The number of ether oxygens (including phenoxy) is 2. The largest absolute Gasteiger partial charge is 0.491 e. The maximum atomic E-state index is 13.6. The Labute approximate surface area is 249 Å². The van der Waals surface area contributed by atoms with Crippen LogP contribution in [0, 0.1) is 5.92 Å². The van der Waals surface area contributed by atoms with Gasteiger partial charge >= 0.3 is 6.03 Å². The number of carbonyl (C=O) groups is 2. The van der Waals surface area contributed by atoms with Crippen molar-refractivity contribution in [2.24, 2.45) is 5.92 Å². The molecule has 9 heteroatoms. The molecule has 3 amide bonds. The summed E-state index contributed by atoms with van der Waals surface area (Å²) in [5.41, 5.74) is 4.14. The fourth-order valence-corrected chi connectivity index (χ4v) is 5.13. The molecule has 3 atom stereocenters. The van der Waals surface area contributed by atoms with Crippen molar-refractivity contribution in [2.45, 2.75) is 52.4 Å². The Morgan fingerprint density at radius 1 is 1.10 bits per heavy atom. The van der Waals surface area contributed by atoms with Gasteiger partial charge in [0.15, 0.2) is 0 Å². The molecule has 0 unspecified atom stereocenters. The van der Waals surface area contributed by atoms with Crippen LogP contribution in [-0.4, -0.2) is 78.8 Å². The standard InChI is InChI=1S/C33H43N5O4/c1-22(2)35-33(40)36-27-14-15-30-28(17-27)32(39)37(5)20-31(41-6)23(3)18-38(24(4)21-42-30)19-25-10-12-26(13-11-25)29-9-7-8-16-34-29/h7-17,22-24,31H,18-21H2,1-6H3,(H2,35,36,40)/t23-,24-,31-/m1/s1. The summed E-state index contributed by atoms with van der Waals surface area (Å²) in [5.74, 6) is 0.438. The molecule has 2 N–H and O–H groups in total. The number of urea groups is 1. The van der Waals surface area contributed by atoms with Crippen LogP contribution < -0.4 is 15.4 Å². The molecule has 4 rings (SSSR count). The highest BCUT2D eigenvalue weighted by Gasteiger charge is 2.28. The van der Waals surface area contributed by atoms with Crippen LogP contribution >= 0.6 is 0 Å². The molecular weight excluding hydrogens is 530 g/mol. The Hall–Kier alpha value is -3.95. The van der Waals surface area contributed by atoms with Crippen molar-refractivity contribution >= 4 is 17.6 Å². The van der Waals surface area contributed by atoms with Gasteiger partial charge in [0, 0.05) is 63.3 Å². The molecule has 2 aromatic carbocycles. The van der Waals surface area contributed by atoms with E-state index in [0.717, 1.165) is 24.3 Å². The third kappa shape index (κ3) is 8.08. The number of hydrogen-bond donors (Lipinski definition) is 2. The Morgan fingerprint density at radius 2 is 1.86 bits per heavy atom. The molecule has 0 fully saturated rings. The highest BCUT2D eigenvalue weighted by Crippen LogP contribution is 2.27. The average molecular weight is 574 g/mol. The quantitative estimate of drug-likeness (QED) is 0.416. The summed E-state index contributed by atoms with van der Waals surface area (Å²) in [7, 11) is 3.47. The molecular formula is C33H43N5O4. The molecule has 2 heterocycles. The van der Waals surface area contributed by atoms with Gasteiger partial charge < -0.3 is 25.0 Å². The van der Waals surface area contributed by atoms with Gasteiger partial charge in [0.25, 0.3) is 5.91 Å². The molecule has 42 heavy (non-hydrogen) atoms. The van der Waals surface area contributed by atoms with Gasteiger partial charge in [-0.2, -0.15) is 0 Å². The Kier molecular flexibility index (Phi) is 10.5. The normalized spacial score (nSPS) is 20.2. The molecule has 1 aliphatic heterocycles. The number of fused-ring (bicyclic) bond motifs is 1. The first-order valence-corrected chi connectivity index (χ1v) is 14.5. The highest BCUT2D eigenvalue weighted by molar-refractivity contribution is 5.99. The third-order valence-electron chi connectivity index (χ3n) is 7.55. The number of carbonyl (C=O) groups excluding carboxylic acids is 2. The summed E-state index contributed by atoms with van der Waals surface area (Å²) < 4.78 is 12.2. The number of rotatable bonds is 6. The molecule has 0 radical (unpaired) electrons. The Bertz CT molecular complexity index is 1330. The van der Waals surface area contributed by atoms with E-state index in [-0.39, 0.29) is 36.0 Å². The maximum Gasteiger partial charge on any atom is 0.319 e. The summed E-state index contributed by atoms with van der Waals surface area (Å²) in [6, 6.07) is 19.3. The smallest absolute Gasteiger partial charge is 0.319 e. The molecule has 0 spiro atoms. The van der Waals surface area contributed by atoms with E-state index in [1.807, 2.05) is 32.0 Å². The van der Waals surface area contributed by atoms with Crippen molar-refractivity contribution in [1.82, 2.24) is 20.1 Å². The number of methoxy groups -OCH3 is 1. The first-order valence-electron chi connectivity index (χ1n) is 14.5. The van der Waals surface area contributed by atoms with E-state index in [0.29, 0.717) is 30.2 Å². The molecule has 1 aromatic heterocycles. The van der Waals surface area contributed by atoms with Crippen LogP contribution in [0.25, 0.3) is 11.3 Å². The number of amides is 3. The average Bonchev–Trinajstić information content (AvgIpc) is 2.98. The van der Waals surface area contributed by atoms with E-state index in [9.17, 15) is 9.59 Å². The van der Waals surface area contributed by atoms with Gasteiger partial charge in [-0.25, -0.2) is 4.79 Å². The van der Waals surface area contributed by atoms with Gasteiger partial charge in [-0.15, -0.1) is 0 Å². The minimum atomic E-state index is -0.328. The lowest BCUT2D eigenvalue weighted by atomic mass is 10.0. The van der Waals surface area contributed by atoms with Gasteiger partial charge in [-0.05, 0) is 62.6 Å². The number of benzene rings is 2. The highest BCUT2D eigenvalue weighted by atomic mass is 16.5. The van der Waals surface area contributed by atoms with Gasteiger partial charge in [-0.1, -0.05) is 37.3 Å². The second kappa shape index (κ2) is 14.3. The number of aromatic nitrogens is 1. The number of likely N-dealkylation sites (N-methyl/N-ethyl adjacent to an activating group) is 1. The summed E-state index contributed by atoms with van der Waals surface area (Å²) in [6.07, 6.45) is 1.64. The summed E-state index contributed by atoms with van der Waals surface area (Å²) in [5, 5.41) is 5.62. The van der Waals surface area contributed by atoms with Crippen LogP contribution in [-0.2, 0) is 11.3 Å². The predicted molar refractivity (Wildman–Crippen MR) is 166 cm³/mol. The number of nitrogens with zero attached hydrogens (tertiary/aromatic N) is 3. The van der Waals surface area contributed by atoms with Crippen LogP contribution in [0.4, 0.5) is 10.5 Å². The van der Waals surface area contributed by atoms with Crippen molar-refractivity contribution in [3.8, 4) is 17.0 Å². The molecule has 0 bridgehead atoms. The Balaban J connectivity index is 1.58. The number of pyridine rings is 1. The summed E-state index contributed by atoms with van der Waals surface area (Å²) >= 11 is 0. The van der Waals surface area contributed by atoms with Crippen molar-refractivity contribution in [3.63, 3.8) is 0 Å². The number of anilines is 1. The monoisotopic (exact) mass is 573 g/mol. The third-order valence-corrected chi connectivity index (χ3v) is 7.55. The van der Waals surface area contributed by atoms with E-state index >= 15 is 0 Å². The fraction of sp³-hybridized carbons (Fsp3) is 0.424. The van der Waals surface area contributed by atoms with Crippen molar-refractivity contribution in [1.29, 1.82) is 0 Å². The van der Waals surface area contributed by atoms with Crippen LogP contribution in [0.3, 0.4) is 0 Å². The predicted octanol–water partition coefficient (Wildman–Crippen LogP) is 5.28. The van der Waals surface area contributed by atoms with Gasteiger partial charge in [0.05, 0.1) is 17.4 Å². The van der Waals surface area contributed by atoms with Crippen molar-refractivity contribution in [2.75, 3.05) is 39.2 Å². The molecule has 3 aromatic rings. The first-order chi connectivity index (χ1) is 20.1. The minimum absolute atomic E-state index is 0.0124. The zero-order valence-corrected chi connectivity index (χ0v) is 25.5. The lowest BCUT2D eigenvalue weighted by Gasteiger charge is -2.36. The molecule has 9 nitrogen and oxygen atoms in total. The fourth-order valence-electron chi connectivity index (χ4n) is 5.13. The van der Waals surface area contributed by atoms with Gasteiger partial charge in [-0.3, -0.25) is 14.7 Å². The molecule has 0 saturated carbocycles. The van der Waals surface area contributed by atoms with Crippen LogP contribution in [0.1, 0.15) is 43.6 Å². The maximum absolute atomic E-state index is 13.6. The zero-order chi connectivity index (χ0) is 30.2. The topological polar surface area (TPSA) is 96.0 Å². The summed E-state index contributed by atoms with van der Waals surface area (Å²) in [6.45, 7) is 10.4. The lowest BCUT2D eigenvalue weighted by Crippen LogP contribution is -2.46. The minimum Gasteiger partial charge on any atom is -0.491 e. The van der Waals surface area contributed by atoms with E-state index < -0.39 is 0 Å². The molecule has 0 saturated heterocycles. The molecule has 0 aliphatic carbocycles. The summed E-state index contributed by atoms with van der Waals surface area (Å²) in [4.78, 5) is 34.4. The van der Waals surface area contributed by atoms with E-state index in [1.165, 1.54) is 5.56 Å². The second-order valence-corrected chi connectivity index (χ2v) is 11.4. The van der Waals surface area contributed by atoms with Crippen molar-refractivity contribution in [3.05, 3.63) is 78.0 Å². The van der Waals surface area contributed by atoms with Crippen LogP contribution in [0.5, 0.6) is 5.75 Å². The molecule has 1 aliphatic rings. The van der Waals surface area contributed by atoms with Crippen LogP contribution in [0.2, 0.25) is 0 Å². The van der Waals surface area contributed by atoms with Gasteiger partial charge in [0.2, 0.25) is 0 Å². The first kappa shape index (κ1) is 31.0. The Morgan fingerprint density at radius 3 is 2.52 bits per heavy atom. The van der Waals surface area contributed by atoms with Gasteiger partial charge in [0.1, 0.15) is 12.4 Å². The number of hydrogen-bond acceptors (Lipinski definition) is 6. The number of nitrogens with one attached hydrogen (secondary N) is 2. The van der Waals surface area contributed by atoms with Crippen molar-refractivity contribution < 1.29 is 19.1 Å². The SMILES string of the molecule is CO[C@@H]1CN(C)C(=O)c2cc(NC(=O)NC(C)C)ccc2OC[C@@H](C)N(Cc2ccc(-c3ccccn3)cc2)C[C@H]1C. The molecule has 224 valence electrons. The van der Waals surface area contributed by atoms with E-state index in [2.05, 4.69) is 58.6 Å². The van der Waals surface area contributed by atoms with E-state index in [1.54, 1.807) is 43.5 Å². The lowest BCUT2D eigenvalue weighted by molar-refractivity contribution is 0.00922. The van der Waals surface area contributed by atoms with E-state index in [4.69, 9.17) is 9.47 Å². The zero-order valence-electron chi connectivity index (χ0n) is 25.5. The van der Waals surface area contributed by atoms with Crippen LogP contribution in [0.15, 0.2) is 66.9 Å².